The minimum absolute atomic E-state index is 0.0130. The molecule has 0 atom stereocenters. The quantitative estimate of drug-likeness (QED) is 0.324. The van der Waals surface area contributed by atoms with E-state index in [0.29, 0.717) is 31.9 Å². The van der Waals surface area contributed by atoms with E-state index < -0.39 is 0 Å². The van der Waals surface area contributed by atoms with E-state index in [9.17, 15) is 9.18 Å². The molecule has 3 aromatic carbocycles. The maximum atomic E-state index is 13.9. The lowest BCUT2D eigenvalue weighted by molar-refractivity contribution is 0.0303. The summed E-state index contributed by atoms with van der Waals surface area (Å²) in [7, 11) is 0. The van der Waals surface area contributed by atoms with Crippen LogP contribution in [0.4, 0.5) is 4.39 Å². The maximum Gasteiger partial charge on any atom is 0.254 e. The number of nitrogens with zero attached hydrogens (tertiary/aromatic N) is 3. The molecule has 37 heavy (non-hydrogen) atoms. The van der Waals surface area contributed by atoms with Crippen LogP contribution in [0.5, 0.6) is 0 Å². The van der Waals surface area contributed by atoms with E-state index >= 15 is 0 Å². The zero-order chi connectivity index (χ0) is 25.5. The molecule has 0 saturated carbocycles. The molecule has 1 aliphatic rings. The zero-order valence-corrected chi connectivity index (χ0v) is 20.8. The molecule has 0 radical (unpaired) electrons. The Morgan fingerprint density at radius 2 is 1.70 bits per heavy atom. The summed E-state index contributed by atoms with van der Waals surface area (Å²) in [5, 5.41) is 9.21. The Hall–Kier alpha value is -4.10. The first kappa shape index (κ1) is 23.3. The first-order valence-electron chi connectivity index (χ1n) is 12.5. The number of aromatic nitrogens is 3. The number of aromatic amines is 1. The molecule has 1 amide bonds. The number of H-pyrrole nitrogens is 1. The van der Waals surface area contributed by atoms with Gasteiger partial charge in [-0.2, -0.15) is 5.10 Å². The van der Waals surface area contributed by atoms with Gasteiger partial charge in [0.1, 0.15) is 5.82 Å². The summed E-state index contributed by atoms with van der Waals surface area (Å²) in [6.07, 6.45) is 1.80. The number of hydrogen-bond donors (Lipinski definition) is 1. The van der Waals surface area contributed by atoms with Crippen molar-refractivity contribution < 1.29 is 13.9 Å². The number of morpholine rings is 1. The molecule has 1 aliphatic heterocycles. The number of halogens is 1. The van der Waals surface area contributed by atoms with Crippen LogP contribution in [-0.4, -0.2) is 52.3 Å². The molecule has 5 aromatic rings. The highest BCUT2D eigenvalue weighted by Gasteiger charge is 2.22. The van der Waals surface area contributed by atoms with E-state index in [1.807, 2.05) is 47.4 Å². The number of ether oxygens (including phenoxy) is 1. The third-order valence-electron chi connectivity index (χ3n) is 7.00. The van der Waals surface area contributed by atoms with E-state index in [4.69, 9.17) is 9.72 Å². The number of rotatable bonds is 4. The number of hydrogen-bond acceptors (Lipinski definition) is 4. The molecular weight excluding hydrogens is 467 g/mol. The molecular formula is C30H27FN4O2. The molecule has 1 N–H and O–H groups in total. The minimum atomic E-state index is -0.272. The number of fused-ring (bicyclic) bond motifs is 2. The molecule has 0 unspecified atom stereocenters. The lowest BCUT2D eigenvalue weighted by atomic mass is 9.86. The van der Waals surface area contributed by atoms with Gasteiger partial charge < -0.3 is 9.64 Å². The van der Waals surface area contributed by atoms with Crippen LogP contribution >= 0.6 is 0 Å². The van der Waals surface area contributed by atoms with Crippen LogP contribution < -0.4 is 0 Å². The number of pyridine rings is 1. The molecule has 0 bridgehead atoms. The van der Waals surface area contributed by atoms with Gasteiger partial charge in [-0.1, -0.05) is 38.1 Å². The molecule has 6 nitrogen and oxygen atoms in total. The van der Waals surface area contributed by atoms with E-state index in [-0.39, 0.29) is 17.6 Å². The molecule has 3 heterocycles. The van der Waals surface area contributed by atoms with Crippen LogP contribution in [0.15, 0.2) is 66.9 Å². The number of benzene rings is 3. The Kier molecular flexibility index (Phi) is 5.93. The normalized spacial score (nSPS) is 14.1. The van der Waals surface area contributed by atoms with E-state index in [0.717, 1.165) is 49.8 Å². The fraction of sp³-hybridized carbons (Fsp3) is 0.233. The smallest absolute Gasteiger partial charge is 0.254 e. The lowest BCUT2D eigenvalue weighted by Gasteiger charge is -2.27. The number of carbonyl (C=O) groups is 1. The van der Waals surface area contributed by atoms with Crippen molar-refractivity contribution in [1.29, 1.82) is 0 Å². The summed E-state index contributed by atoms with van der Waals surface area (Å²) in [6, 6.07) is 18.4. The molecule has 1 saturated heterocycles. The highest BCUT2D eigenvalue weighted by atomic mass is 19.1. The molecule has 0 spiro atoms. The lowest BCUT2D eigenvalue weighted by Crippen LogP contribution is -2.40. The number of amides is 1. The van der Waals surface area contributed by atoms with Gasteiger partial charge in [-0.15, -0.1) is 0 Å². The minimum Gasteiger partial charge on any atom is -0.378 e. The molecule has 6 rings (SSSR count). The average Bonchev–Trinajstić information content (AvgIpc) is 3.39. The number of nitrogens with one attached hydrogen (secondary N) is 1. The monoisotopic (exact) mass is 494 g/mol. The molecule has 2 aromatic heterocycles. The van der Waals surface area contributed by atoms with Gasteiger partial charge in [0, 0.05) is 35.0 Å². The van der Waals surface area contributed by atoms with Crippen molar-refractivity contribution in [2.24, 2.45) is 0 Å². The zero-order valence-electron chi connectivity index (χ0n) is 20.8. The second-order valence-electron chi connectivity index (χ2n) is 9.72. The third-order valence-corrected chi connectivity index (χ3v) is 7.00. The summed E-state index contributed by atoms with van der Waals surface area (Å²) >= 11 is 0. The molecule has 0 aliphatic carbocycles. The van der Waals surface area contributed by atoms with Crippen molar-refractivity contribution in [3.8, 4) is 22.4 Å². The topological polar surface area (TPSA) is 71.1 Å². The van der Waals surface area contributed by atoms with Crippen LogP contribution in [0.2, 0.25) is 0 Å². The average molecular weight is 495 g/mol. The van der Waals surface area contributed by atoms with Crippen LogP contribution in [0, 0.1) is 5.82 Å². The van der Waals surface area contributed by atoms with Gasteiger partial charge in [0.15, 0.2) is 0 Å². The molecule has 186 valence electrons. The Balaban J connectivity index is 1.54. The van der Waals surface area contributed by atoms with Gasteiger partial charge in [0.2, 0.25) is 0 Å². The van der Waals surface area contributed by atoms with Gasteiger partial charge in [0.05, 0.1) is 36.1 Å². The Morgan fingerprint density at radius 1 is 1.00 bits per heavy atom. The van der Waals surface area contributed by atoms with Gasteiger partial charge in [-0.3, -0.25) is 9.89 Å². The van der Waals surface area contributed by atoms with Crippen molar-refractivity contribution in [2.45, 2.75) is 19.8 Å². The van der Waals surface area contributed by atoms with Gasteiger partial charge in [0.25, 0.3) is 5.91 Å². The fourth-order valence-corrected chi connectivity index (χ4v) is 5.15. The Labute approximate surface area is 214 Å². The Bertz CT molecular complexity index is 1600. The largest absolute Gasteiger partial charge is 0.378 e. The second kappa shape index (κ2) is 9.41. The van der Waals surface area contributed by atoms with Crippen molar-refractivity contribution in [1.82, 2.24) is 20.1 Å². The first-order valence-corrected chi connectivity index (χ1v) is 12.5. The second-order valence-corrected chi connectivity index (χ2v) is 9.72. The summed E-state index contributed by atoms with van der Waals surface area (Å²) in [4.78, 5) is 19.9. The number of carbonyl (C=O) groups excluding carboxylic acids is 1. The predicted molar refractivity (Wildman–Crippen MR) is 143 cm³/mol. The SMILES string of the molecule is CC(C)c1c(-c2ccc(C(=O)N3CCOCC3)cc2)nc2cc3[nH]ncc3cc2c1-c1ccc(F)cc1. The highest BCUT2D eigenvalue weighted by Crippen LogP contribution is 2.42. The predicted octanol–water partition coefficient (Wildman–Crippen LogP) is 6.18. The summed E-state index contributed by atoms with van der Waals surface area (Å²) < 4.78 is 19.2. The van der Waals surface area contributed by atoms with Crippen molar-refractivity contribution in [3.63, 3.8) is 0 Å². The van der Waals surface area contributed by atoms with Crippen LogP contribution in [-0.2, 0) is 4.74 Å². The highest BCUT2D eigenvalue weighted by molar-refractivity contribution is 6.05. The van der Waals surface area contributed by atoms with Crippen LogP contribution in [0.3, 0.4) is 0 Å². The third kappa shape index (κ3) is 4.25. The van der Waals surface area contributed by atoms with E-state index in [1.165, 1.54) is 12.1 Å². The maximum absolute atomic E-state index is 13.9. The van der Waals surface area contributed by atoms with Crippen molar-refractivity contribution in [3.05, 3.63) is 83.8 Å². The van der Waals surface area contributed by atoms with Crippen LogP contribution in [0.25, 0.3) is 44.2 Å². The van der Waals surface area contributed by atoms with Crippen molar-refractivity contribution in [2.75, 3.05) is 26.3 Å². The summed E-state index contributed by atoms with van der Waals surface area (Å²) in [5.74, 6) is -0.119. The van der Waals surface area contributed by atoms with Gasteiger partial charge in [-0.25, -0.2) is 9.37 Å². The van der Waals surface area contributed by atoms with Crippen molar-refractivity contribution >= 4 is 27.7 Å². The fourth-order valence-electron chi connectivity index (χ4n) is 5.15. The van der Waals surface area contributed by atoms with E-state index in [2.05, 4.69) is 30.1 Å². The first-order chi connectivity index (χ1) is 18.0. The summed E-state index contributed by atoms with van der Waals surface area (Å²) in [5.41, 5.74) is 7.20. The Morgan fingerprint density at radius 3 is 2.41 bits per heavy atom. The molecule has 1 fully saturated rings. The van der Waals surface area contributed by atoms with Gasteiger partial charge >= 0.3 is 0 Å². The van der Waals surface area contributed by atoms with Crippen LogP contribution in [0.1, 0.15) is 35.7 Å². The van der Waals surface area contributed by atoms with Gasteiger partial charge in [-0.05, 0) is 59.0 Å². The molecule has 7 heteroatoms. The summed E-state index contributed by atoms with van der Waals surface area (Å²) in [6.45, 7) is 6.63. The van der Waals surface area contributed by atoms with E-state index in [1.54, 1.807) is 6.20 Å². The standard InChI is InChI=1S/C30H27FN4O2/c1-18(2)27-28(19-7-9-23(31)10-8-19)24-15-22-17-32-34-25(22)16-26(24)33-29(27)20-3-5-21(6-4-20)30(36)35-11-13-37-14-12-35/h3-10,15-18H,11-14H2,1-2H3,(H,32,34).